The molecule has 1 aromatic heterocycles. The van der Waals surface area contributed by atoms with E-state index in [1.807, 2.05) is 23.1 Å². The lowest BCUT2D eigenvalue weighted by Crippen LogP contribution is -2.48. The molecule has 0 N–H and O–H groups in total. The van der Waals surface area contributed by atoms with Gasteiger partial charge < -0.3 is 14.2 Å². The summed E-state index contributed by atoms with van der Waals surface area (Å²) in [4.78, 5) is 16.1. The summed E-state index contributed by atoms with van der Waals surface area (Å²) in [6, 6.07) is 8.13. The average Bonchev–Trinajstić information content (AvgIpc) is 3.24. The molecule has 6 nitrogen and oxygen atoms in total. The number of hydrogen-bond acceptors (Lipinski definition) is 5. The van der Waals surface area contributed by atoms with E-state index in [2.05, 4.69) is 15.1 Å². The number of hydrogen-bond donors (Lipinski definition) is 0. The molecule has 2 aliphatic heterocycles. The van der Waals surface area contributed by atoms with Crippen LogP contribution < -0.4 is 4.90 Å². The second-order valence-corrected chi connectivity index (χ2v) is 6.77. The van der Waals surface area contributed by atoms with Crippen LogP contribution >= 0.6 is 11.6 Å². The van der Waals surface area contributed by atoms with Crippen molar-refractivity contribution in [1.82, 2.24) is 15.1 Å². The highest BCUT2D eigenvalue weighted by Gasteiger charge is 2.32. The summed E-state index contributed by atoms with van der Waals surface area (Å²) < 4.78 is 5.84. The Bertz CT molecular complexity index is 748. The lowest BCUT2D eigenvalue weighted by atomic mass is 10.0. The first-order chi connectivity index (χ1) is 11.7. The van der Waals surface area contributed by atoms with Crippen LogP contribution in [0.1, 0.15) is 25.7 Å². The van der Waals surface area contributed by atoms with Crippen molar-refractivity contribution in [2.24, 2.45) is 0 Å². The van der Waals surface area contributed by atoms with Crippen molar-refractivity contribution in [1.29, 1.82) is 0 Å². The molecule has 2 saturated heterocycles. The molecule has 0 aliphatic carbocycles. The summed E-state index contributed by atoms with van der Waals surface area (Å²) in [5.74, 6) is 0.735. The van der Waals surface area contributed by atoms with Crippen LogP contribution in [0.3, 0.4) is 0 Å². The van der Waals surface area contributed by atoms with Crippen LogP contribution in [0.15, 0.2) is 28.7 Å². The standard InChI is InChI=1S/C17H19ClN4O2/c18-13-5-1-4-12(10-13)16-19-20-17(24-16)21-8-2-6-14(11-21)22-9-3-7-15(22)23/h1,4-5,10,14H,2-3,6-9,11H2. The van der Waals surface area contributed by atoms with Crippen molar-refractivity contribution >= 4 is 23.5 Å². The van der Waals surface area contributed by atoms with E-state index in [1.165, 1.54) is 0 Å². The van der Waals surface area contributed by atoms with Gasteiger partial charge in [0.25, 0.3) is 0 Å². The number of nitrogens with zero attached hydrogens (tertiary/aromatic N) is 4. The molecule has 24 heavy (non-hydrogen) atoms. The van der Waals surface area contributed by atoms with Gasteiger partial charge >= 0.3 is 6.01 Å². The van der Waals surface area contributed by atoms with E-state index < -0.39 is 0 Å². The van der Waals surface area contributed by atoms with Crippen LogP contribution in [-0.2, 0) is 4.79 Å². The largest absolute Gasteiger partial charge is 0.403 e. The van der Waals surface area contributed by atoms with Crippen molar-refractivity contribution in [2.75, 3.05) is 24.5 Å². The highest BCUT2D eigenvalue weighted by Crippen LogP contribution is 2.28. The molecule has 4 rings (SSSR count). The van der Waals surface area contributed by atoms with Gasteiger partial charge in [0.05, 0.1) is 0 Å². The normalized spacial score (nSPS) is 21.5. The summed E-state index contributed by atoms with van der Waals surface area (Å²) in [6.45, 7) is 2.49. The van der Waals surface area contributed by atoms with Gasteiger partial charge in [0.1, 0.15) is 0 Å². The van der Waals surface area contributed by atoms with Crippen LogP contribution in [0.4, 0.5) is 6.01 Å². The first-order valence-corrected chi connectivity index (χ1v) is 8.72. The maximum absolute atomic E-state index is 12.0. The fourth-order valence-electron chi connectivity index (χ4n) is 3.52. The zero-order valence-electron chi connectivity index (χ0n) is 13.3. The van der Waals surface area contributed by atoms with Crippen LogP contribution in [0.5, 0.6) is 0 Å². The molecule has 3 heterocycles. The van der Waals surface area contributed by atoms with Crippen molar-refractivity contribution < 1.29 is 9.21 Å². The van der Waals surface area contributed by atoms with E-state index in [-0.39, 0.29) is 11.9 Å². The predicted molar refractivity (Wildman–Crippen MR) is 90.9 cm³/mol. The van der Waals surface area contributed by atoms with Gasteiger partial charge in [0.2, 0.25) is 11.8 Å². The van der Waals surface area contributed by atoms with Gasteiger partial charge in [0.15, 0.2) is 0 Å². The minimum absolute atomic E-state index is 0.246. The molecule has 1 unspecified atom stereocenters. The van der Waals surface area contributed by atoms with Gasteiger partial charge in [-0.3, -0.25) is 4.79 Å². The Balaban J connectivity index is 1.50. The lowest BCUT2D eigenvalue weighted by Gasteiger charge is -2.36. The number of amides is 1. The SMILES string of the molecule is O=C1CCCN1C1CCCN(c2nnc(-c3cccc(Cl)c3)o2)C1. The van der Waals surface area contributed by atoms with Gasteiger partial charge in [-0.1, -0.05) is 22.8 Å². The van der Waals surface area contributed by atoms with Gasteiger partial charge in [-0.25, -0.2) is 0 Å². The number of piperidine rings is 1. The fraction of sp³-hybridized carbons (Fsp3) is 0.471. The van der Waals surface area contributed by atoms with Crippen molar-refractivity contribution in [3.63, 3.8) is 0 Å². The number of likely N-dealkylation sites (tertiary alicyclic amines) is 1. The quantitative estimate of drug-likeness (QED) is 0.855. The fourth-order valence-corrected chi connectivity index (χ4v) is 3.71. The monoisotopic (exact) mass is 346 g/mol. The van der Waals surface area contributed by atoms with E-state index in [0.29, 0.717) is 23.3 Å². The Labute approximate surface area is 145 Å². The number of anilines is 1. The maximum atomic E-state index is 12.0. The second kappa shape index (κ2) is 6.43. The van der Waals surface area contributed by atoms with E-state index in [9.17, 15) is 4.79 Å². The smallest absolute Gasteiger partial charge is 0.318 e. The molecule has 0 spiro atoms. The zero-order chi connectivity index (χ0) is 16.5. The number of halogens is 1. The van der Waals surface area contributed by atoms with Crippen LogP contribution in [-0.4, -0.2) is 46.7 Å². The third kappa shape index (κ3) is 2.98. The van der Waals surface area contributed by atoms with Gasteiger partial charge in [-0.05, 0) is 37.5 Å². The second-order valence-electron chi connectivity index (χ2n) is 6.33. The molecule has 2 fully saturated rings. The molecule has 2 aromatic rings. The average molecular weight is 347 g/mol. The number of carbonyl (C=O) groups is 1. The van der Waals surface area contributed by atoms with Gasteiger partial charge in [0, 0.05) is 42.7 Å². The third-order valence-electron chi connectivity index (χ3n) is 4.70. The highest BCUT2D eigenvalue weighted by atomic mass is 35.5. The molecule has 7 heteroatoms. The van der Waals surface area contributed by atoms with E-state index in [4.69, 9.17) is 16.0 Å². The molecule has 1 aromatic carbocycles. The Morgan fingerprint density at radius 2 is 2.12 bits per heavy atom. The van der Waals surface area contributed by atoms with Crippen molar-refractivity contribution in [3.05, 3.63) is 29.3 Å². The number of carbonyl (C=O) groups excluding carboxylic acids is 1. The lowest BCUT2D eigenvalue weighted by molar-refractivity contribution is -0.129. The van der Waals surface area contributed by atoms with Crippen LogP contribution in [0.2, 0.25) is 5.02 Å². The summed E-state index contributed by atoms with van der Waals surface area (Å²) in [6.07, 6.45) is 3.70. The summed E-state index contributed by atoms with van der Waals surface area (Å²) in [5.41, 5.74) is 0.810. The Morgan fingerprint density at radius 1 is 1.21 bits per heavy atom. The summed E-state index contributed by atoms with van der Waals surface area (Å²) >= 11 is 6.02. The molecule has 0 bridgehead atoms. The molecular formula is C17H19ClN4O2. The van der Waals surface area contributed by atoms with E-state index in [0.717, 1.165) is 44.5 Å². The minimum atomic E-state index is 0.246. The molecule has 126 valence electrons. The molecule has 0 radical (unpaired) electrons. The predicted octanol–water partition coefficient (Wildman–Crippen LogP) is 2.98. The van der Waals surface area contributed by atoms with E-state index in [1.54, 1.807) is 6.07 Å². The summed E-state index contributed by atoms with van der Waals surface area (Å²) in [7, 11) is 0. The molecule has 0 saturated carbocycles. The first kappa shape index (κ1) is 15.4. The highest BCUT2D eigenvalue weighted by molar-refractivity contribution is 6.30. The van der Waals surface area contributed by atoms with Crippen molar-refractivity contribution in [2.45, 2.75) is 31.7 Å². The molecular weight excluding hydrogens is 328 g/mol. The Hall–Kier alpha value is -2.08. The third-order valence-corrected chi connectivity index (χ3v) is 4.94. The topological polar surface area (TPSA) is 62.5 Å². The number of rotatable bonds is 3. The Kier molecular flexibility index (Phi) is 4.14. The number of benzene rings is 1. The number of aromatic nitrogens is 2. The Morgan fingerprint density at radius 3 is 2.92 bits per heavy atom. The van der Waals surface area contributed by atoms with E-state index >= 15 is 0 Å². The molecule has 1 atom stereocenters. The van der Waals surface area contributed by atoms with Gasteiger partial charge in [-0.2, -0.15) is 0 Å². The van der Waals surface area contributed by atoms with Crippen LogP contribution in [0, 0.1) is 0 Å². The van der Waals surface area contributed by atoms with Gasteiger partial charge in [-0.15, -0.1) is 5.10 Å². The molecule has 2 aliphatic rings. The molecule has 1 amide bonds. The minimum Gasteiger partial charge on any atom is -0.403 e. The maximum Gasteiger partial charge on any atom is 0.318 e. The first-order valence-electron chi connectivity index (χ1n) is 8.34. The zero-order valence-corrected chi connectivity index (χ0v) is 14.1. The van der Waals surface area contributed by atoms with Crippen LogP contribution in [0.25, 0.3) is 11.5 Å². The van der Waals surface area contributed by atoms with Crippen molar-refractivity contribution in [3.8, 4) is 11.5 Å². The summed E-state index contributed by atoms with van der Waals surface area (Å²) in [5, 5.41) is 8.97.